The van der Waals surface area contributed by atoms with E-state index in [1.54, 1.807) is 6.08 Å². The Kier molecular flexibility index (Phi) is 8.63. The maximum Gasteiger partial charge on any atom is 0.250 e. The first-order chi connectivity index (χ1) is 12.9. The van der Waals surface area contributed by atoms with Crippen LogP contribution in [0.2, 0.25) is 0 Å². The Morgan fingerprint density at radius 1 is 1.00 bits per heavy atom. The molecule has 0 fully saturated rings. The topological polar surface area (TPSA) is 70.2 Å². The van der Waals surface area contributed by atoms with E-state index >= 15 is 0 Å². The first-order valence-corrected chi connectivity index (χ1v) is 10.00. The minimum Gasteiger partial charge on any atom is -0.298 e. The van der Waals surface area contributed by atoms with Crippen LogP contribution in [0.4, 0.5) is 0 Å². The molecule has 0 aromatic heterocycles. The molecule has 0 heterocycles. The average Bonchev–Trinajstić information content (AvgIpc) is 2.63. The number of hydrogen-bond acceptors (Lipinski definition) is 3. The number of thiocarbonyl (C=S) groups is 1. The van der Waals surface area contributed by atoms with Gasteiger partial charge in [-0.05, 0) is 54.0 Å². The SMILES string of the molecule is O=C(C=Cc1cc(Br)cc(Br)c1)NC(=S)NNC(=O)CCc1ccccc1. The highest BCUT2D eigenvalue weighted by atomic mass is 79.9. The molecule has 27 heavy (non-hydrogen) atoms. The van der Waals surface area contributed by atoms with Crippen molar-refractivity contribution in [2.75, 3.05) is 0 Å². The number of rotatable bonds is 5. The van der Waals surface area contributed by atoms with E-state index in [1.165, 1.54) is 6.08 Å². The Morgan fingerprint density at radius 3 is 2.33 bits per heavy atom. The molecule has 0 unspecified atom stereocenters. The zero-order valence-corrected chi connectivity index (χ0v) is 18.2. The van der Waals surface area contributed by atoms with Gasteiger partial charge in [-0.25, -0.2) is 0 Å². The second kappa shape index (κ2) is 11.0. The number of hydrogen-bond donors (Lipinski definition) is 3. The molecule has 0 aliphatic heterocycles. The van der Waals surface area contributed by atoms with E-state index in [0.717, 1.165) is 20.1 Å². The molecule has 5 nitrogen and oxygen atoms in total. The van der Waals surface area contributed by atoms with Crippen molar-refractivity contribution in [1.29, 1.82) is 0 Å². The van der Waals surface area contributed by atoms with Gasteiger partial charge in [0.1, 0.15) is 0 Å². The van der Waals surface area contributed by atoms with Crippen molar-refractivity contribution in [2.45, 2.75) is 12.8 Å². The van der Waals surface area contributed by atoms with Gasteiger partial charge < -0.3 is 0 Å². The van der Waals surface area contributed by atoms with Crippen LogP contribution in [-0.4, -0.2) is 16.9 Å². The van der Waals surface area contributed by atoms with Crippen molar-refractivity contribution in [1.82, 2.24) is 16.2 Å². The van der Waals surface area contributed by atoms with Crippen molar-refractivity contribution >= 4 is 67.1 Å². The van der Waals surface area contributed by atoms with Crippen LogP contribution in [0.15, 0.2) is 63.6 Å². The molecule has 8 heteroatoms. The molecule has 140 valence electrons. The summed E-state index contributed by atoms with van der Waals surface area (Å²) in [6, 6.07) is 15.3. The first-order valence-electron chi connectivity index (χ1n) is 8.00. The number of amides is 2. The third kappa shape index (κ3) is 8.47. The number of benzene rings is 2. The van der Waals surface area contributed by atoms with E-state index in [-0.39, 0.29) is 11.0 Å². The van der Waals surface area contributed by atoms with Crippen LogP contribution >= 0.6 is 44.1 Å². The molecule has 2 aromatic rings. The molecule has 2 aromatic carbocycles. The standard InChI is InChI=1S/C19H17Br2N3O2S/c20-15-10-14(11-16(21)12-15)7-8-17(25)22-19(27)24-23-18(26)9-6-13-4-2-1-3-5-13/h1-5,7-8,10-12H,6,9H2,(H,23,26)(H2,22,24,25,27). The fraction of sp³-hybridized carbons (Fsp3) is 0.105. The van der Waals surface area contributed by atoms with Gasteiger partial charge in [-0.15, -0.1) is 0 Å². The molecule has 0 atom stereocenters. The molecule has 0 radical (unpaired) electrons. The second-order valence-corrected chi connectivity index (χ2v) is 7.75. The molecule has 0 saturated heterocycles. The number of carbonyl (C=O) groups excluding carboxylic acids is 2. The lowest BCUT2D eigenvalue weighted by Crippen LogP contribution is -2.48. The van der Waals surface area contributed by atoms with E-state index in [0.29, 0.717) is 12.8 Å². The molecule has 0 saturated carbocycles. The molecule has 2 rings (SSSR count). The van der Waals surface area contributed by atoms with Crippen molar-refractivity contribution in [2.24, 2.45) is 0 Å². The van der Waals surface area contributed by atoms with Gasteiger partial charge in [-0.2, -0.15) is 0 Å². The summed E-state index contributed by atoms with van der Waals surface area (Å²) in [6.07, 6.45) is 3.95. The Hall–Kier alpha value is -2.03. The van der Waals surface area contributed by atoms with Crippen molar-refractivity contribution in [3.8, 4) is 0 Å². The van der Waals surface area contributed by atoms with Crippen LogP contribution in [-0.2, 0) is 16.0 Å². The maximum absolute atomic E-state index is 11.9. The van der Waals surface area contributed by atoms with Crippen LogP contribution in [0, 0.1) is 0 Å². The monoisotopic (exact) mass is 509 g/mol. The van der Waals surface area contributed by atoms with Crippen molar-refractivity contribution in [3.63, 3.8) is 0 Å². The summed E-state index contributed by atoms with van der Waals surface area (Å²) < 4.78 is 1.79. The molecule has 2 amide bonds. The van der Waals surface area contributed by atoms with E-state index in [1.807, 2.05) is 48.5 Å². The van der Waals surface area contributed by atoms with E-state index < -0.39 is 5.91 Å². The number of aryl methyl sites for hydroxylation is 1. The van der Waals surface area contributed by atoms with Crippen LogP contribution < -0.4 is 16.2 Å². The van der Waals surface area contributed by atoms with Crippen LogP contribution in [0.1, 0.15) is 17.5 Å². The predicted octanol–water partition coefficient (Wildman–Crippen LogP) is 3.88. The average molecular weight is 511 g/mol. The minimum atomic E-state index is -0.401. The van der Waals surface area contributed by atoms with Crippen molar-refractivity contribution < 1.29 is 9.59 Å². The lowest BCUT2D eigenvalue weighted by Gasteiger charge is -2.09. The summed E-state index contributed by atoms with van der Waals surface area (Å²) in [5.41, 5.74) is 6.91. The summed E-state index contributed by atoms with van der Waals surface area (Å²) in [6.45, 7) is 0. The molecular formula is C19H17Br2N3O2S. The summed E-state index contributed by atoms with van der Waals surface area (Å²) in [5, 5.41) is 2.49. The Bertz CT molecular complexity index is 837. The second-order valence-electron chi connectivity index (χ2n) is 5.51. The highest BCUT2D eigenvalue weighted by molar-refractivity contribution is 9.11. The fourth-order valence-electron chi connectivity index (χ4n) is 2.12. The highest BCUT2D eigenvalue weighted by Crippen LogP contribution is 2.20. The Balaban J connectivity index is 1.72. The zero-order valence-electron chi connectivity index (χ0n) is 14.2. The third-order valence-corrected chi connectivity index (χ3v) is 4.47. The predicted molar refractivity (Wildman–Crippen MR) is 118 cm³/mol. The summed E-state index contributed by atoms with van der Waals surface area (Å²) in [5.74, 6) is -0.618. The zero-order chi connectivity index (χ0) is 19.6. The number of hydrazine groups is 1. The van der Waals surface area contributed by atoms with Gasteiger partial charge in [0.2, 0.25) is 11.8 Å². The highest BCUT2D eigenvalue weighted by Gasteiger charge is 2.05. The quantitative estimate of drug-likeness (QED) is 0.324. The maximum atomic E-state index is 11.9. The van der Waals surface area contributed by atoms with Gasteiger partial charge in [-0.3, -0.25) is 25.8 Å². The minimum absolute atomic E-state index is 0.0214. The van der Waals surface area contributed by atoms with Crippen LogP contribution in [0.25, 0.3) is 6.08 Å². The summed E-state index contributed by atoms with van der Waals surface area (Å²) in [4.78, 5) is 23.7. The van der Waals surface area contributed by atoms with Crippen LogP contribution in [0.5, 0.6) is 0 Å². The van der Waals surface area contributed by atoms with Gasteiger partial charge in [-0.1, -0.05) is 62.2 Å². The Labute approximate surface area is 179 Å². The molecular weight excluding hydrogens is 494 g/mol. The van der Waals surface area contributed by atoms with Gasteiger partial charge in [0.05, 0.1) is 0 Å². The normalized spacial score (nSPS) is 10.4. The molecule has 0 aliphatic carbocycles. The van der Waals surface area contributed by atoms with E-state index in [9.17, 15) is 9.59 Å². The van der Waals surface area contributed by atoms with E-state index in [4.69, 9.17) is 12.2 Å². The third-order valence-electron chi connectivity index (χ3n) is 3.35. The number of carbonyl (C=O) groups is 2. The van der Waals surface area contributed by atoms with Gasteiger partial charge in [0.15, 0.2) is 5.11 Å². The number of nitrogens with one attached hydrogen (secondary N) is 3. The van der Waals surface area contributed by atoms with Gasteiger partial charge in [0, 0.05) is 21.4 Å². The molecule has 3 N–H and O–H groups in total. The smallest absolute Gasteiger partial charge is 0.250 e. The van der Waals surface area contributed by atoms with E-state index in [2.05, 4.69) is 48.0 Å². The number of halogens is 2. The molecule has 0 aliphatic rings. The van der Waals surface area contributed by atoms with Gasteiger partial charge >= 0.3 is 0 Å². The lowest BCUT2D eigenvalue weighted by molar-refractivity contribution is -0.121. The molecule has 0 bridgehead atoms. The largest absolute Gasteiger partial charge is 0.298 e. The Morgan fingerprint density at radius 2 is 1.67 bits per heavy atom. The fourth-order valence-corrected chi connectivity index (χ4v) is 3.60. The lowest BCUT2D eigenvalue weighted by atomic mass is 10.1. The summed E-state index contributed by atoms with van der Waals surface area (Å²) >= 11 is 11.8. The van der Waals surface area contributed by atoms with Crippen molar-refractivity contribution in [3.05, 3.63) is 74.7 Å². The first kappa shape index (κ1) is 21.3. The summed E-state index contributed by atoms with van der Waals surface area (Å²) in [7, 11) is 0. The van der Waals surface area contributed by atoms with Gasteiger partial charge in [0.25, 0.3) is 0 Å². The van der Waals surface area contributed by atoms with Crippen LogP contribution in [0.3, 0.4) is 0 Å². The molecule has 0 spiro atoms.